The van der Waals surface area contributed by atoms with Crippen molar-refractivity contribution in [1.29, 1.82) is 0 Å². The zero-order valence-electron chi connectivity index (χ0n) is 14.0. The minimum absolute atomic E-state index is 0.131. The highest BCUT2D eigenvalue weighted by molar-refractivity contribution is 6.33. The van der Waals surface area contributed by atoms with Gasteiger partial charge >= 0.3 is 6.18 Å². The summed E-state index contributed by atoms with van der Waals surface area (Å²) in [7, 11) is 0. The summed E-state index contributed by atoms with van der Waals surface area (Å²) in [6.07, 6.45) is -2.51. The van der Waals surface area contributed by atoms with Crippen molar-refractivity contribution in [3.05, 3.63) is 64.6 Å². The van der Waals surface area contributed by atoms with Gasteiger partial charge in [0.25, 0.3) is 0 Å². The van der Waals surface area contributed by atoms with Gasteiger partial charge in [0, 0.05) is 23.6 Å². The Morgan fingerprint density at radius 2 is 1.96 bits per heavy atom. The van der Waals surface area contributed by atoms with Crippen LogP contribution in [0.2, 0.25) is 5.02 Å². The number of hydrogen-bond acceptors (Lipinski definition) is 3. The van der Waals surface area contributed by atoms with E-state index in [0.29, 0.717) is 11.3 Å². The van der Waals surface area contributed by atoms with Gasteiger partial charge in [-0.1, -0.05) is 23.7 Å². The second-order valence-corrected chi connectivity index (χ2v) is 6.31. The molecule has 0 unspecified atom stereocenters. The molecule has 0 saturated heterocycles. The standard InChI is InChI=1S/C18H13ClF3N3O2/c1-10(26)11-3-2-4-13(5-11)23-16(27)7-14-9-25-8-12(18(20,21)22)6-15(19)17(25)24-14/h2-6,8-9H,7H2,1H3,(H,23,27). The van der Waals surface area contributed by atoms with Crippen molar-refractivity contribution in [3.63, 3.8) is 0 Å². The first-order chi connectivity index (χ1) is 12.6. The number of ketones is 1. The number of Topliss-reactive ketones (excluding diaryl/α,β-unsaturated/α-hetero) is 1. The number of aromatic nitrogens is 2. The molecule has 0 aliphatic rings. The van der Waals surface area contributed by atoms with E-state index in [1.165, 1.54) is 19.2 Å². The second kappa shape index (κ2) is 7.03. The smallest absolute Gasteiger partial charge is 0.326 e. The number of hydrogen-bond donors (Lipinski definition) is 1. The lowest BCUT2D eigenvalue weighted by Gasteiger charge is -2.07. The Kier molecular flexibility index (Phi) is 4.93. The third-order valence-electron chi connectivity index (χ3n) is 3.78. The molecule has 1 amide bonds. The van der Waals surface area contributed by atoms with Crippen LogP contribution in [0.4, 0.5) is 18.9 Å². The van der Waals surface area contributed by atoms with Crippen molar-refractivity contribution < 1.29 is 22.8 Å². The predicted octanol–water partition coefficient (Wildman–Crippen LogP) is 4.39. The van der Waals surface area contributed by atoms with Gasteiger partial charge in [0.2, 0.25) is 5.91 Å². The molecule has 5 nitrogen and oxygen atoms in total. The molecule has 9 heteroatoms. The number of alkyl halides is 3. The van der Waals surface area contributed by atoms with Crippen molar-refractivity contribution in [1.82, 2.24) is 9.38 Å². The number of carbonyl (C=O) groups excluding carboxylic acids is 2. The quantitative estimate of drug-likeness (QED) is 0.666. The lowest BCUT2D eigenvalue weighted by molar-refractivity contribution is -0.137. The van der Waals surface area contributed by atoms with Crippen molar-refractivity contribution >= 4 is 34.6 Å². The fraction of sp³-hybridized carbons (Fsp3) is 0.167. The molecule has 0 aliphatic carbocycles. The maximum absolute atomic E-state index is 12.9. The van der Waals surface area contributed by atoms with Crippen LogP contribution in [0, 0.1) is 0 Å². The van der Waals surface area contributed by atoms with Crippen molar-refractivity contribution in [2.45, 2.75) is 19.5 Å². The first-order valence-electron chi connectivity index (χ1n) is 7.78. The SMILES string of the molecule is CC(=O)c1cccc(NC(=O)Cc2cn3cc(C(F)(F)F)cc(Cl)c3n2)c1. The van der Waals surface area contributed by atoms with E-state index >= 15 is 0 Å². The summed E-state index contributed by atoms with van der Waals surface area (Å²) in [6.45, 7) is 1.41. The van der Waals surface area contributed by atoms with Crippen LogP contribution in [0.1, 0.15) is 28.5 Å². The van der Waals surface area contributed by atoms with Crippen molar-refractivity contribution in [2.75, 3.05) is 5.32 Å². The molecule has 27 heavy (non-hydrogen) atoms. The van der Waals surface area contributed by atoms with Gasteiger partial charge < -0.3 is 9.72 Å². The Bertz CT molecular complexity index is 1040. The lowest BCUT2D eigenvalue weighted by atomic mass is 10.1. The summed E-state index contributed by atoms with van der Waals surface area (Å²) in [5.74, 6) is -0.562. The molecule has 0 saturated carbocycles. The van der Waals surface area contributed by atoms with Crippen molar-refractivity contribution in [2.24, 2.45) is 0 Å². The van der Waals surface area contributed by atoms with Gasteiger partial charge in [-0.05, 0) is 25.1 Å². The number of nitrogens with one attached hydrogen (secondary N) is 1. The van der Waals surface area contributed by atoms with Gasteiger partial charge in [-0.2, -0.15) is 13.2 Å². The van der Waals surface area contributed by atoms with E-state index in [2.05, 4.69) is 10.3 Å². The van der Waals surface area contributed by atoms with Crippen LogP contribution < -0.4 is 5.32 Å². The molecule has 0 atom stereocenters. The molecule has 2 aromatic heterocycles. The monoisotopic (exact) mass is 395 g/mol. The third kappa shape index (κ3) is 4.28. The molecule has 3 aromatic rings. The Labute approximate surface area is 156 Å². The van der Waals surface area contributed by atoms with Gasteiger partial charge in [0.05, 0.1) is 22.7 Å². The Balaban J connectivity index is 1.80. The highest BCUT2D eigenvalue weighted by atomic mass is 35.5. The van der Waals surface area contributed by atoms with E-state index in [-0.39, 0.29) is 28.6 Å². The highest BCUT2D eigenvalue weighted by Gasteiger charge is 2.32. The number of rotatable bonds is 4. The van der Waals surface area contributed by atoms with Crippen LogP contribution >= 0.6 is 11.6 Å². The first-order valence-corrected chi connectivity index (χ1v) is 8.16. The van der Waals surface area contributed by atoms with Crippen LogP contribution in [-0.4, -0.2) is 21.1 Å². The molecule has 1 aromatic carbocycles. The Morgan fingerprint density at radius 3 is 2.63 bits per heavy atom. The van der Waals surface area contributed by atoms with Gasteiger partial charge in [-0.3, -0.25) is 9.59 Å². The summed E-state index contributed by atoms with van der Waals surface area (Å²) < 4.78 is 39.7. The van der Waals surface area contributed by atoms with E-state index in [9.17, 15) is 22.8 Å². The number of anilines is 1. The first kappa shape index (κ1) is 18.9. The Hall–Kier alpha value is -2.87. The maximum Gasteiger partial charge on any atom is 0.417 e. The zero-order valence-corrected chi connectivity index (χ0v) is 14.7. The number of pyridine rings is 1. The van der Waals surface area contributed by atoms with E-state index < -0.39 is 17.6 Å². The summed E-state index contributed by atoms with van der Waals surface area (Å²) in [6, 6.07) is 7.22. The number of nitrogens with zero attached hydrogens (tertiary/aromatic N) is 2. The van der Waals surface area contributed by atoms with Gasteiger partial charge in [-0.15, -0.1) is 0 Å². The molecule has 140 valence electrons. The lowest BCUT2D eigenvalue weighted by Crippen LogP contribution is -2.14. The van der Waals surface area contributed by atoms with Crippen LogP contribution in [0.15, 0.2) is 42.7 Å². The van der Waals surface area contributed by atoms with Crippen molar-refractivity contribution in [3.8, 4) is 0 Å². The summed E-state index contributed by atoms with van der Waals surface area (Å²) in [4.78, 5) is 27.7. The largest absolute Gasteiger partial charge is 0.417 e. The van der Waals surface area contributed by atoms with Gasteiger partial charge in [-0.25, -0.2) is 4.98 Å². The number of fused-ring (bicyclic) bond motifs is 1. The predicted molar refractivity (Wildman–Crippen MR) is 94.0 cm³/mol. The highest BCUT2D eigenvalue weighted by Crippen LogP contribution is 2.32. The fourth-order valence-electron chi connectivity index (χ4n) is 2.53. The number of benzene rings is 1. The van der Waals surface area contributed by atoms with E-state index in [1.807, 2.05) is 0 Å². The zero-order chi connectivity index (χ0) is 19.8. The van der Waals surface area contributed by atoms with Crippen LogP contribution in [0.5, 0.6) is 0 Å². The summed E-state index contributed by atoms with van der Waals surface area (Å²) in [5, 5.41) is 2.47. The molecule has 3 rings (SSSR count). The third-order valence-corrected chi connectivity index (χ3v) is 4.06. The van der Waals surface area contributed by atoms with E-state index in [4.69, 9.17) is 11.6 Å². The van der Waals surface area contributed by atoms with E-state index in [0.717, 1.165) is 16.7 Å². The minimum atomic E-state index is -4.54. The number of carbonyl (C=O) groups is 2. The molecule has 1 N–H and O–H groups in total. The fourth-order valence-corrected chi connectivity index (χ4v) is 2.79. The number of halogens is 4. The van der Waals surface area contributed by atoms with E-state index in [1.54, 1.807) is 18.2 Å². The molecule has 0 radical (unpaired) electrons. The summed E-state index contributed by atoms with van der Waals surface area (Å²) >= 11 is 5.88. The molecular formula is C18H13ClF3N3O2. The molecule has 0 bridgehead atoms. The average molecular weight is 396 g/mol. The van der Waals surface area contributed by atoms with Crippen LogP contribution in [-0.2, 0) is 17.4 Å². The number of imidazole rings is 1. The van der Waals surface area contributed by atoms with Gasteiger partial charge in [0.15, 0.2) is 11.4 Å². The number of amides is 1. The summed E-state index contributed by atoms with van der Waals surface area (Å²) in [5.41, 5.74) is 0.373. The Morgan fingerprint density at radius 1 is 1.22 bits per heavy atom. The molecule has 2 heterocycles. The topological polar surface area (TPSA) is 63.5 Å². The molecular weight excluding hydrogens is 383 g/mol. The average Bonchev–Trinajstić information content (AvgIpc) is 2.97. The van der Waals surface area contributed by atoms with Gasteiger partial charge in [0.1, 0.15) is 0 Å². The molecule has 0 aliphatic heterocycles. The maximum atomic E-state index is 12.9. The second-order valence-electron chi connectivity index (χ2n) is 5.90. The molecule has 0 spiro atoms. The van der Waals surface area contributed by atoms with Crippen LogP contribution in [0.25, 0.3) is 5.65 Å². The normalized spacial score (nSPS) is 11.6. The molecule has 0 fully saturated rings. The van der Waals surface area contributed by atoms with Crippen LogP contribution in [0.3, 0.4) is 0 Å². The minimum Gasteiger partial charge on any atom is -0.326 e.